The Kier molecular flexibility index (Phi) is 11.5. The Morgan fingerprint density at radius 2 is 1.07 bits per heavy atom. The molecule has 0 saturated heterocycles. The van der Waals surface area contributed by atoms with Crippen molar-refractivity contribution >= 4 is 48.4 Å². The molecule has 0 heterocycles. The van der Waals surface area contributed by atoms with Gasteiger partial charge in [0.15, 0.2) is 0 Å². The third-order valence-corrected chi connectivity index (χ3v) is 18.4. The number of hydrogen-bond donors (Lipinski definition) is 0. The fourth-order valence-corrected chi connectivity index (χ4v) is 16.1. The first kappa shape index (κ1) is 36.0. The van der Waals surface area contributed by atoms with Crippen LogP contribution in [0.1, 0.15) is 85.0 Å². The summed E-state index contributed by atoms with van der Waals surface area (Å²) in [5.41, 5.74) is 11.8. The van der Waals surface area contributed by atoms with E-state index in [1.165, 1.54) is 40.5 Å². The van der Waals surface area contributed by atoms with Crippen LogP contribution in [0.5, 0.6) is 0 Å². The zero-order chi connectivity index (χ0) is 29.8. The third-order valence-electron chi connectivity index (χ3n) is 8.69. The average molecular weight is 923 g/mol. The molecule has 0 aromatic heterocycles. The van der Waals surface area contributed by atoms with Crippen molar-refractivity contribution in [1.29, 1.82) is 0 Å². The molecule has 0 fully saturated rings. The molecular weight excluding hydrogens is 884 g/mol. The van der Waals surface area contributed by atoms with E-state index in [1.54, 1.807) is 17.6 Å². The van der Waals surface area contributed by atoms with Crippen molar-refractivity contribution in [2.45, 2.75) is 62.4 Å². The van der Waals surface area contributed by atoms with E-state index in [1.807, 2.05) is 0 Å². The van der Waals surface area contributed by atoms with E-state index >= 15 is 0 Å². The van der Waals surface area contributed by atoms with E-state index in [0.717, 1.165) is 6.42 Å². The van der Waals surface area contributed by atoms with Crippen molar-refractivity contribution < 1.29 is 46.1 Å². The zero-order valence-corrected chi connectivity index (χ0v) is 34.4. The number of halogens is 4. The number of rotatable bonds is 4. The molecule has 0 unspecified atom stereocenters. The molecule has 0 atom stereocenters. The maximum atomic E-state index is 2.53. The summed E-state index contributed by atoms with van der Waals surface area (Å²) in [7, 11) is 0. The topological polar surface area (TPSA) is 0 Å². The van der Waals surface area contributed by atoms with Gasteiger partial charge in [0.1, 0.15) is 0 Å². The van der Waals surface area contributed by atoms with Gasteiger partial charge in [-0.15, -0.1) is 0 Å². The predicted octanol–water partition coefficient (Wildman–Crippen LogP) is 5.30. The summed E-state index contributed by atoms with van der Waals surface area (Å²) in [5, 5.41) is 0. The summed E-state index contributed by atoms with van der Waals surface area (Å²) >= 11 is 2.21. The van der Waals surface area contributed by atoms with Gasteiger partial charge in [-0.25, -0.2) is 0 Å². The minimum Gasteiger partial charge on any atom is -1.00 e. The third kappa shape index (κ3) is 7.18. The van der Waals surface area contributed by atoms with E-state index in [-0.39, 0.29) is 35.6 Å². The molecule has 0 bridgehead atoms. The zero-order valence-electron chi connectivity index (χ0n) is 26.1. The van der Waals surface area contributed by atoms with Gasteiger partial charge >= 0.3 is 290 Å². The monoisotopic (exact) mass is 920 g/mol. The SMILES string of the molecule is CC(C)(C)c1ccc2c(c1)-c1cc(C(C)(C)C)ccc1[CH]2[Zr+2]([C]1=CC=CC1)=[C](c1ccc(I)cc1)c1ccc(I)cc1.[Cl-].[Cl-]. The Morgan fingerprint density at radius 3 is 1.43 bits per heavy atom. The second kappa shape index (κ2) is 14.1. The van der Waals surface area contributed by atoms with Crippen molar-refractivity contribution in [2.75, 3.05) is 0 Å². The standard InChI is InChI=1S/C21H25.C13H8I2.C5H5.2ClH.Zr/c1-20(2,3)16-9-7-14-11-15-8-10-17(21(4,5)6)13-19(15)18(14)12-16;14-12-5-1-10(2-6-12)9-11-3-7-13(15)8-4-11;1-2-4-5-3-1;;;/h7-13H,1-6H3;1-8H;1-3H,4H2;2*1H;/q;;;;;+2/p-2. The number of hydrogen-bond acceptors (Lipinski definition) is 0. The molecule has 0 saturated carbocycles. The van der Waals surface area contributed by atoms with Gasteiger partial charge in [-0.2, -0.15) is 0 Å². The summed E-state index contributed by atoms with van der Waals surface area (Å²) in [6.07, 6.45) is 8.22. The van der Waals surface area contributed by atoms with Gasteiger partial charge < -0.3 is 24.8 Å². The van der Waals surface area contributed by atoms with Crippen LogP contribution in [0, 0.1) is 7.14 Å². The van der Waals surface area contributed by atoms with Crippen molar-refractivity contribution in [1.82, 2.24) is 0 Å². The Labute approximate surface area is 311 Å². The molecule has 5 heteroatoms. The van der Waals surface area contributed by atoms with Crippen molar-refractivity contribution in [3.05, 3.63) is 147 Å². The first-order valence-electron chi connectivity index (χ1n) is 14.8. The van der Waals surface area contributed by atoms with Crippen LogP contribution in [0.25, 0.3) is 11.1 Å². The van der Waals surface area contributed by atoms with Gasteiger partial charge in [-0.3, -0.25) is 0 Å². The Hall–Kier alpha value is -0.847. The van der Waals surface area contributed by atoms with Gasteiger partial charge in [-0.05, 0) is 0 Å². The average Bonchev–Trinajstić information content (AvgIpc) is 3.58. The summed E-state index contributed by atoms with van der Waals surface area (Å²) in [6, 6.07) is 33.5. The summed E-state index contributed by atoms with van der Waals surface area (Å²) in [5.74, 6) is 0. The molecule has 0 N–H and O–H groups in total. The van der Waals surface area contributed by atoms with Gasteiger partial charge in [0, 0.05) is 0 Å². The summed E-state index contributed by atoms with van der Waals surface area (Å²) in [4.78, 5) is 0. The van der Waals surface area contributed by atoms with E-state index < -0.39 is 21.3 Å². The minimum atomic E-state index is -2.66. The van der Waals surface area contributed by atoms with Crippen LogP contribution in [0.2, 0.25) is 0 Å². The fraction of sp³-hybridized carbons (Fsp3) is 0.256. The van der Waals surface area contributed by atoms with Gasteiger partial charge in [0.2, 0.25) is 0 Å². The smallest absolute Gasteiger partial charge is 1.00 e. The molecule has 0 aliphatic heterocycles. The molecule has 4 aromatic rings. The molecule has 0 spiro atoms. The van der Waals surface area contributed by atoms with E-state index in [4.69, 9.17) is 0 Å². The molecular formula is C39H38Cl2I2Zr. The first-order valence-corrected chi connectivity index (χ1v) is 20.9. The number of benzene rings is 4. The molecule has 44 heavy (non-hydrogen) atoms. The van der Waals surface area contributed by atoms with E-state index in [9.17, 15) is 0 Å². The van der Waals surface area contributed by atoms with Crippen LogP contribution in [0.3, 0.4) is 0 Å². The first-order chi connectivity index (χ1) is 19.9. The molecule has 2 aliphatic rings. The molecule has 0 amide bonds. The Balaban J connectivity index is 0.00000221. The molecule has 6 rings (SSSR count). The second-order valence-electron chi connectivity index (χ2n) is 13.7. The van der Waals surface area contributed by atoms with Crippen LogP contribution in [0.4, 0.5) is 0 Å². The number of fused-ring (bicyclic) bond motifs is 3. The molecule has 2 aliphatic carbocycles. The Bertz CT molecular complexity index is 1660. The van der Waals surface area contributed by atoms with Crippen molar-refractivity contribution in [2.24, 2.45) is 0 Å². The summed E-state index contributed by atoms with van der Waals surface area (Å²) < 4.78 is 6.30. The molecule has 0 nitrogen and oxygen atoms in total. The largest absolute Gasteiger partial charge is 1.00 e. The maximum Gasteiger partial charge on any atom is -1.00 e. The van der Waals surface area contributed by atoms with E-state index in [0.29, 0.717) is 3.63 Å². The maximum absolute atomic E-state index is 2.66. The quantitative estimate of drug-likeness (QED) is 0.244. The summed E-state index contributed by atoms with van der Waals surface area (Å²) in [6.45, 7) is 14.0. The van der Waals surface area contributed by atoms with Crippen molar-refractivity contribution in [3.63, 3.8) is 0 Å². The van der Waals surface area contributed by atoms with Crippen LogP contribution < -0.4 is 24.8 Å². The fourth-order valence-electron chi connectivity index (χ4n) is 6.34. The molecule has 0 radical (unpaired) electrons. The van der Waals surface area contributed by atoms with Crippen LogP contribution >= 0.6 is 45.2 Å². The Morgan fingerprint density at radius 1 is 0.636 bits per heavy atom. The van der Waals surface area contributed by atoms with Crippen LogP contribution in [-0.4, -0.2) is 3.21 Å². The van der Waals surface area contributed by atoms with Crippen LogP contribution in [-0.2, 0) is 32.1 Å². The van der Waals surface area contributed by atoms with Gasteiger partial charge in [-0.1, -0.05) is 0 Å². The van der Waals surface area contributed by atoms with Gasteiger partial charge in [0.05, 0.1) is 0 Å². The van der Waals surface area contributed by atoms with E-state index in [2.05, 4.69) is 190 Å². The normalized spacial score (nSPS) is 13.7. The second-order valence-corrected chi connectivity index (χ2v) is 22.4. The minimum absolute atomic E-state index is 0. The van der Waals surface area contributed by atoms with Crippen molar-refractivity contribution in [3.8, 4) is 11.1 Å². The molecule has 4 aromatic carbocycles. The predicted molar refractivity (Wildman–Crippen MR) is 194 cm³/mol. The van der Waals surface area contributed by atoms with Gasteiger partial charge in [0.25, 0.3) is 0 Å². The number of allylic oxidation sites excluding steroid dienone is 4. The molecule has 226 valence electrons. The van der Waals surface area contributed by atoms with Crippen LogP contribution in [0.15, 0.2) is 106 Å².